The lowest BCUT2D eigenvalue weighted by Gasteiger charge is -2.32. The Morgan fingerprint density at radius 1 is 1.30 bits per heavy atom. The minimum Gasteiger partial charge on any atom is -0.348 e. The van der Waals surface area contributed by atoms with Crippen molar-refractivity contribution in [1.82, 2.24) is 25.2 Å². The minimum atomic E-state index is -0.484. The summed E-state index contributed by atoms with van der Waals surface area (Å²) in [7, 11) is 0. The van der Waals surface area contributed by atoms with Crippen LogP contribution in [0.15, 0.2) is 24.3 Å². The first kappa shape index (κ1) is 21.4. The van der Waals surface area contributed by atoms with Gasteiger partial charge in [0.1, 0.15) is 0 Å². The summed E-state index contributed by atoms with van der Waals surface area (Å²) in [5.74, 6) is 0.146. The lowest BCUT2D eigenvalue weighted by Crippen LogP contribution is -2.46. The summed E-state index contributed by atoms with van der Waals surface area (Å²) < 4.78 is 1.41. The molecular weight excluding hydrogens is 388 g/mol. The van der Waals surface area contributed by atoms with Gasteiger partial charge in [-0.3, -0.25) is 19.7 Å². The summed E-state index contributed by atoms with van der Waals surface area (Å²) in [5.41, 5.74) is 1.08. The number of nitrogens with one attached hydrogen (secondary N) is 1. The molecule has 1 aromatic heterocycles. The Morgan fingerprint density at radius 2 is 2.00 bits per heavy atom. The molecule has 30 heavy (non-hydrogen) atoms. The molecule has 0 bridgehead atoms. The average Bonchev–Trinajstić information content (AvgIpc) is 3.09. The van der Waals surface area contributed by atoms with Gasteiger partial charge in [0.15, 0.2) is 5.69 Å². The van der Waals surface area contributed by atoms with Crippen molar-refractivity contribution in [2.45, 2.75) is 46.1 Å². The molecule has 0 atom stereocenters. The molecule has 3 rings (SSSR count). The van der Waals surface area contributed by atoms with E-state index in [1.807, 2.05) is 18.7 Å². The first-order valence-electron chi connectivity index (χ1n) is 10.0. The third-order valence-corrected chi connectivity index (χ3v) is 5.16. The quantitative estimate of drug-likeness (QED) is 0.571. The highest BCUT2D eigenvalue weighted by atomic mass is 16.6. The lowest BCUT2D eigenvalue weighted by molar-refractivity contribution is -0.384. The van der Waals surface area contributed by atoms with Gasteiger partial charge in [-0.15, -0.1) is 5.10 Å². The fraction of sp³-hybridized carbons (Fsp3) is 0.500. The number of carbonyl (C=O) groups excluding carboxylic acids is 2. The highest BCUT2D eigenvalue weighted by molar-refractivity contribution is 5.93. The topological polar surface area (TPSA) is 123 Å². The molecule has 1 aliphatic rings. The van der Waals surface area contributed by atoms with Gasteiger partial charge < -0.3 is 10.2 Å². The van der Waals surface area contributed by atoms with Gasteiger partial charge in [0.2, 0.25) is 5.91 Å². The number of nitro groups is 1. The summed E-state index contributed by atoms with van der Waals surface area (Å²) in [6, 6.07) is 5.96. The van der Waals surface area contributed by atoms with Gasteiger partial charge in [-0.1, -0.05) is 25.1 Å². The predicted octanol–water partition coefficient (Wildman–Crippen LogP) is 2.25. The molecule has 1 aliphatic heterocycles. The summed E-state index contributed by atoms with van der Waals surface area (Å²) in [5, 5.41) is 21.9. The molecular formula is C20H26N6O4. The average molecular weight is 414 g/mol. The maximum Gasteiger partial charge on any atom is 0.273 e. The molecule has 160 valence electrons. The van der Waals surface area contributed by atoms with E-state index in [0.29, 0.717) is 49.7 Å². The smallest absolute Gasteiger partial charge is 0.273 e. The Bertz CT molecular complexity index is 947. The Morgan fingerprint density at radius 3 is 2.63 bits per heavy atom. The van der Waals surface area contributed by atoms with Crippen LogP contribution in [0.5, 0.6) is 0 Å². The van der Waals surface area contributed by atoms with Gasteiger partial charge in [-0.25, -0.2) is 4.68 Å². The summed E-state index contributed by atoms with van der Waals surface area (Å²) in [4.78, 5) is 37.2. The zero-order valence-corrected chi connectivity index (χ0v) is 17.4. The number of piperidine rings is 1. The second kappa shape index (κ2) is 9.02. The number of benzene rings is 1. The lowest BCUT2D eigenvalue weighted by atomic mass is 10.0. The second-order valence-corrected chi connectivity index (χ2v) is 7.94. The van der Waals surface area contributed by atoms with Crippen LogP contribution in [0.25, 0.3) is 5.69 Å². The standard InChI is InChI=1S/C20H26N6O4/c1-13(2)11-18(27)24-9-7-15(8-10-24)21-20(28)19-14(3)25(23-22-19)16-5-4-6-17(12-16)26(29)30/h4-6,12-13,15H,7-11H2,1-3H3,(H,21,28). The molecule has 1 aromatic carbocycles. The van der Waals surface area contributed by atoms with Crippen LogP contribution in [-0.2, 0) is 4.79 Å². The molecule has 0 saturated carbocycles. The van der Waals surface area contributed by atoms with Crippen LogP contribution >= 0.6 is 0 Å². The number of likely N-dealkylation sites (tertiary alicyclic amines) is 1. The number of aromatic nitrogens is 3. The van der Waals surface area contributed by atoms with Crippen molar-refractivity contribution in [2.24, 2.45) is 5.92 Å². The molecule has 10 nitrogen and oxygen atoms in total. The van der Waals surface area contributed by atoms with E-state index in [1.54, 1.807) is 19.1 Å². The van der Waals surface area contributed by atoms with Crippen LogP contribution in [0.4, 0.5) is 5.69 Å². The van der Waals surface area contributed by atoms with E-state index in [1.165, 1.54) is 16.8 Å². The van der Waals surface area contributed by atoms with Gasteiger partial charge in [-0.2, -0.15) is 0 Å². The van der Waals surface area contributed by atoms with Crippen molar-refractivity contribution in [2.75, 3.05) is 13.1 Å². The predicted molar refractivity (Wildman–Crippen MR) is 109 cm³/mol. The van der Waals surface area contributed by atoms with Gasteiger partial charge in [0.25, 0.3) is 11.6 Å². The molecule has 2 aromatic rings. The number of nitro benzene ring substituents is 1. The maximum atomic E-state index is 12.7. The van der Waals surface area contributed by atoms with Gasteiger partial charge >= 0.3 is 0 Å². The Kier molecular flexibility index (Phi) is 6.43. The maximum absolute atomic E-state index is 12.7. The number of hydrogen-bond acceptors (Lipinski definition) is 6. The molecule has 1 N–H and O–H groups in total. The first-order valence-corrected chi connectivity index (χ1v) is 10.0. The highest BCUT2D eigenvalue weighted by Crippen LogP contribution is 2.19. The molecule has 1 fully saturated rings. The zero-order valence-electron chi connectivity index (χ0n) is 17.4. The largest absolute Gasteiger partial charge is 0.348 e. The van der Waals surface area contributed by atoms with Crippen molar-refractivity contribution in [3.8, 4) is 5.69 Å². The molecule has 0 spiro atoms. The normalized spacial score (nSPS) is 14.7. The van der Waals surface area contributed by atoms with Crippen LogP contribution in [0.3, 0.4) is 0 Å². The van der Waals surface area contributed by atoms with E-state index in [4.69, 9.17) is 0 Å². The molecule has 2 amide bonds. The van der Waals surface area contributed by atoms with Gasteiger partial charge in [0.05, 0.1) is 16.3 Å². The SMILES string of the molecule is Cc1c(C(=O)NC2CCN(C(=O)CC(C)C)CC2)nnn1-c1cccc([N+](=O)[O-])c1. The van der Waals surface area contributed by atoms with Crippen molar-refractivity contribution >= 4 is 17.5 Å². The third-order valence-electron chi connectivity index (χ3n) is 5.16. The second-order valence-electron chi connectivity index (χ2n) is 7.94. The van der Waals surface area contributed by atoms with Crippen molar-refractivity contribution in [1.29, 1.82) is 0 Å². The number of non-ortho nitro benzene ring substituents is 1. The molecule has 1 saturated heterocycles. The van der Waals surface area contributed by atoms with E-state index in [9.17, 15) is 19.7 Å². The monoisotopic (exact) mass is 414 g/mol. The Balaban J connectivity index is 1.63. The minimum absolute atomic E-state index is 0.0389. The molecule has 10 heteroatoms. The Hall–Kier alpha value is -3.30. The van der Waals surface area contributed by atoms with E-state index in [2.05, 4.69) is 15.6 Å². The molecule has 0 radical (unpaired) electrons. The fourth-order valence-electron chi connectivity index (χ4n) is 3.53. The first-order chi connectivity index (χ1) is 14.3. The molecule has 2 heterocycles. The van der Waals surface area contributed by atoms with Crippen LogP contribution < -0.4 is 5.32 Å². The zero-order chi connectivity index (χ0) is 21.8. The number of nitrogens with zero attached hydrogens (tertiary/aromatic N) is 5. The third kappa shape index (κ3) is 4.81. The molecule has 0 aliphatic carbocycles. The van der Waals surface area contributed by atoms with Gasteiger partial charge in [0, 0.05) is 37.7 Å². The van der Waals surface area contributed by atoms with E-state index >= 15 is 0 Å². The van der Waals surface area contributed by atoms with E-state index < -0.39 is 4.92 Å². The Labute approximate surface area is 174 Å². The fourth-order valence-corrected chi connectivity index (χ4v) is 3.53. The van der Waals surface area contributed by atoms with Crippen molar-refractivity contribution < 1.29 is 14.5 Å². The summed E-state index contributed by atoms with van der Waals surface area (Å²) in [6.45, 7) is 6.98. The van der Waals surface area contributed by atoms with Crippen LogP contribution in [-0.4, -0.2) is 55.8 Å². The van der Waals surface area contributed by atoms with Crippen LogP contribution in [0.1, 0.15) is 49.3 Å². The molecule has 0 unspecified atom stereocenters. The van der Waals surface area contributed by atoms with E-state index in [0.717, 1.165) is 0 Å². The number of carbonyl (C=O) groups is 2. The van der Waals surface area contributed by atoms with Crippen molar-refractivity contribution in [3.05, 3.63) is 45.8 Å². The number of hydrogen-bond donors (Lipinski definition) is 1. The van der Waals surface area contributed by atoms with Crippen LogP contribution in [0.2, 0.25) is 0 Å². The number of rotatable bonds is 6. The van der Waals surface area contributed by atoms with Gasteiger partial charge in [-0.05, 0) is 31.7 Å². The highest BCUT2D eigenvalue weighted by Gasteiger charge is 2.26. The van der Waals surface area contributed by atoms with Crippen LogP contribution in [0, 0.1) is 23.0 Å². The van der Waals surface area contributed by atoms with Crippen molar-refractivity contribution in [3.63, 3.8) is 0 Å². The number of amides is 2. The summed E-state index contributed by atoms with van der Waals surface area (Å²) >= 11 is 0. The summed E-state index contributed by atoms with van der Waals surface area (Å²) in [6.07, 6.45) is 1.91. The van der Waals surface area contributed by atoms with E-state index in [-0.39, 0.29) is 29.2 Å².